The lowest BCUT2D eigenvalue weighted by atomic mass is 10.0. The van der Waals surface area contributed by atoms with E-state index in [0.717, 1.165) is 16.3 Å². The number of rotatable bonds is 5. The van der Waals surface area contributed by atoms with Crippen LogP contribution in [0.2, 0.25) is 5.02 Å². The van der Waals surface area contributed by atoms with E-state index in [0.29, 0.717) is 16.3 Å². The molecule has 1 aliphatic rings. The summed E-state index contributed by atoms with van der Waals surface area (Å²) >= 11 is 6.21. The minimum absolute atomic E-state index is 0.0286. The molecule has 3 aromatic rings. The average molecular weight is 464 g/mol. The Morgan fingerprint density at radius 3 is 2.48 bits per heavy atom. The van der Waals surface area contributed by atoms with Crippen molar-refractivity contribution >= 4 is 45.8 Å². The van der Waals surface area contributed by atoms with Gasteiger partial charge in [0.1, 0.15) is 19.8 Å². The Morgan fingerprint density at radius 2 is 1.73 bits per heavy atom. The van der Waals surface area contributed by atoms with Gasteiger partial charge in [0.25, 0.3) is 5.91 Å². The summed E-state index contributed by atoms with van der Waals surface area (Å²) in [5.41, 5.74) is 2.04. The van der Waals surface area contributed by atoms with Gasteiger partial charge in [-0.3, -0.25) is 19.3 Å². The first-order chi connectivity index (χ1) is 15.8. The predicted molar refractivity (Wildman–Crippen MR) is 130 cm³/mol. The van der Waals surface area contributed by atoms with Gasteiger partial charge >= 0.3 is 0 Å². The van der Waals surface area contributed by atoms with Gasteiger partial charge in [-0.25, -0.2) is 0 Å². The number of fused-ring (bicyclic) bond motifs is 1. The average Bonchev–Trinajstić information content (AvgIpc) is 3.19. The first kappa shape index (κ1) is 22.8. The zero-order chi connectivity index (χ0) is 23.7. The minimum Gasteiger partial charge on any atom is -0.327 e. The zero-order valence-corrected chi connectivity index (χ0v) is 19.7. The third-order valence-corrected chi connectivity index (χ3v) is 6.44. The summed E-state index contributed by atoms with van der Waals surface area (Å²) in [5.74, 6) is -0.652. The number of hydrogen-bond donors (Lipinski definition) is 0. The standard InChI is InChI=1S/C26H26ClN3O3/c1-17(2)29(26(33)21-11-6-9-19-8-4-5-10-20(19)21)15-24(31)28-14-25(32)30(16-28)23-13-7-12-22(27)18(23)3/h4-13,17H,14-16H2,1-3H3. The van der Waals surface area contributed by atoms with Crippen LogP contribution in [0.15, 0.2) is 60.7 Å². The molecular formula is C26H26ClN3O3. The monoisotopic (exact) mass is 463 g/mol. The van der Waals surface area contributed by atoms with Gasteiger partial charge in [-0.15, -0.1) is 0 Å². The summed E-state index contributed by atoms with van der Waals surface area (Å²) in [6.45, 7) is 5.61. The van der Waals surface area contributed by atoms with Crippen LogP contribution in [0.25, 0.3) is 10.8 Å². The first-order valence-corrected chi connectivity index (χ1v) is 11.3. The SMILES string of the molecule is Cc1c(Cl)cccc1N1CN(C(=O)CN(C(=O)c2cccc3ccccc23)C(C)C)CC1=O. The van der Waals surface area contributed by atoms with Crippen LogP contribution in [-0.2, 0) is 9.59 Å². The second-order valence-corrected chi connectivity index (χ2v) is 8.90. The Balaban J connectivity index is 1.54. The maximum atomic E-state index is 13.4. The molecule has 4 rings (SSSR count). The van der Waals surface area contributed by atoms with Crippen LogP contribution >= 0.6 is 11.6 Å². The molecule has 6 nitrogen and oxygen atoms in total. The number of carbonyl (C=O) groups excluding carboxylic acids is 3. The molecular weight excluding hydrogens is 438 g/mol. The molecule has 3 amide bonds. The lowest BCUT2D eigenvalue weighted by molar-refractivity contribution is -0.132. The second-order valence-electron chi connectivity index (χ2n) is 8.49. The highest BCUT2D eigenvalue weighted by molar-refractivity contribution is 6.31. The van der Waals surface area contributed by atoms with Gasteiger partial charge in [-0.05, 0) is 55.3 Å². The Labute approximate surface area is 198 Å². The molecule has 0 spiro atoms. The molecule has 0 atom stereocenters. The molecule has 3 aromatic carbocycles. The molecule has 1 fully saturated rings. The summed E-state index contributed by atoms with van der Waals surface area (Å²) < 4.78 is 0. The molecule has 7 heteroatoms. The van der Waals surface area contributed by atoms with Gasteiger partial charge in [0, 0.05) is 22.3 Å². The highest BCUT2D eigenvalue weighted by Gasteiger charge is 2.34. The Hall–Kier alpha value is -3.38. The van der Waals surface area contributed by atoms with E-state index in [1.165, 1.54) is 4.90 Å². The molecule has 0 bridgehead atoms. The lowest BCUT2D eigenvalue weighted by Gasteiger charge is -2.29. The van der Waals surface area contributed by atoms with Crippen LogP contribution in [0.4, 0.5) is 5.69 Å². The van der Waals surface area contributed by atoms with E-state index in [1.807, 2.05) is 63.2 Å². The van der Waals surface area contributed by atoms with Gasteiger partial charge in [-0.2, -0.15) is 0 Å². The van der Waals surface area contributed by atoms with Crippen molar-refractivity contribution in [3.63, 3.8) is 0 Å². The molecule has 0 N–H and O–H groups in total. The van der Waals surface area contributed by atoms with E-state index in [9.17, 15) is 14.4 Å². The third-order valence-electron chi connectivity index (χ3n) is 6.03. The molecule has 0 saturated carbocycles. The summed E-state index contributed by atoms with van der Waals surface area (Å²) in [5, 5.41) is 2.38. The fourth-order valence-electron chi connectivity index (χ4n) is 4.12. The van der Waals surface area contributed by atoms with Crippen molar-refractivity contribution in [3.8, 4) is 0 Å². The molecule has 1 saturated heterocycles. The number of halogens is 1. The van der Waals surface area contributed by atoms with Gasteiger partial charge in [0.2, 0.25) is 11.8 Å². The van der Waals surface area contributed by atoms with Crippen molar-refractivity contribution < 1.29 is 14.4 Å². The third kappa shape index (κ3) is 4.44. The Morgan fingerprint density at radius 1 is 1.03 bits per heavy atom. The van der Waals surface area contributed by atoms with Crippen molar-refractivity contribution in [1.29, 1.82) is 0 Å². The molecule has 33 heavy (non-hydrogen) atoms. The molecule has 0 radical (unpaired) electrons. The molecule has 0 unspecified atom stereocenters. The number of amides is 3. The highest BCUT2D eigenvalue weighted by atomic mass is 35.5. The highest BCUT2D eigenvalue weighted by Crippen LogP contribution is 2.29. The summed E-state index contributed by atoms with van der Waals surface area (Å²) in [6.07, 6.45) is 0. The molecule has 0 aliphatic carbocycles. The van der Waals surface area contributed by atoms with Gasteiger partial charge in [0.15, 0.2) is 0 Å². The molecule has 0 aromatic heterocycles. The quantitative estimate of drug-likeness (QED) is 0.560. The first-order valence-electron chi connectivity index (χ1n) is 10.9. The number of benzene rings is 3. The minimum atomic E-state index is -0.271. The van der Waals surface area contributed by atoms with Crippen LogP contribution < -0.4 is 4.90 Å². The number of nitrogens with zero attached hydrogens (tertiary/aromatic N) is 3. The van der Waals surface area contributed by atoms with Gasteiger partial charge in [0.05, 0.1) is 0 Å². The maximum absolute atomic E-state index is 13.4. The van der Waals surface area contributed by atoms with E-state index >= 15 is 0 Å². The van der Waals surface area contributed by atoms with Crippen LogP contribution in [-0.4, -0.2) is 53.3 Å². The largest absolute Gasteiger partial charge is 0.327 e. The zero-order valence-electron chi connectivity index (χ0n) is 18.9. The van der Waals surface area contributed by atoms with E-state index in [-0.39, 0.29) is 43.5 Å². The topological polar surface area (TPSA) is 60.9 Å². The fourth-order valence-corrected chi connectivity index (χ4v) is 4.29. The normalized spacial score (nSPS) is 13.8. The van der Waals surface area contributed by atoms with Crippen LogP contribution in [0.5, 0.6) is 0 Å². The van der Waals surface area contributed by atoms with Crippen molar-refractivity contribution in [2.45, 2.75) is 26.8 Å². The van der Waals surface area contributed by atoms with E-state index in [4.69, 9.17) is 11.6 Å². The van der Waals surface area contributed by atoms with Crippen LogP contribution in [0, 0.1) is 6.92 Å². The van der Waals surface area contributed by atoms with Crippen LogP contribution in [0.1, 0.15) is 29.8 Å². The second kappa shape index (κ2) is 9.24. The Bertz CT molecular complexity index is 1240. The predicted octanol–water partition coefficient (Wildman–Crippen LogP) is 4.49. The molecule has 1 heterocycles. The Kier molecular flexibility index (Phi) is 6.38. The smallest absolute Gasteiger partial charge is 0.255 e. The fraction of sp³-hybridized carbons (Fsp3) is 0.269. The summed E-state index contributed by atoms with van der Waals surface area (Å²) in [7, 11) is 0. The summed E-state index contributed by atoms with van der Waals surface area (Å²) in [6, 6.07) is 18.5. The van der Waals surface area contributed by atoms with E-state index < -0.39 is 0 Å². The van der Waals surface area contributed by atoms with Gasteiger partial charge in [-0.1, -0.05) is 54.1 Å². The van der Waals surface area contributed by atoms with Crippen LogP contribution in [0.3, 0.4) is 0 Å². The van der Waals surface area contributed by atoms with E-state index in [2.05, 4.69) is 0 Å². The van der Waals surface area contributed by atoms with Crippen molar-refractivity contribution in [2.75, 3.05) is 24.7 Å². The van der Waals surface area contributed by atoms with E-state index in [1.54, 1.807) is 28.0 Å². The van der Waals surface area contributed by atoms with Crippen molar-refractivity contribution in [3.05, 3.63) is 76.8 Å². The van der Waals surface area contributed by atoms with Crippen molar-refractivity contribution in [1.82, 2.24) is 9.80 Å². The molecule has 1 aliphatic heterocycles. The van der Waals surface area contributed by atoms with Gasteiger partial charge < -0.3 is 9.80 Å². The lowest BCUT2D eigenvalue weighted by Crippen LogP contribution is -2.45. The number of hydrogen-bond acceptors (Lipinski definition) is 3. The maximum Gasteiger partial charge on any atom is 0.255 e. The van der Waals surface area contributed by atoms with Crippen molar-refractivity contribution in [2.24, 2.45) is 0 Å². The summed E-state index contributed by atoms with van der Waals surface area (Å²) in [4.78, 5) is 43.9. The number of anilines is 1. The molecule has 170 valence electrons. The number of carbonyl (C=O) groups is 3.